The molecule has 74 valence electrons. The van der Waals surface area contributed by atoms with Gasteiger partial charge in [-0.3, -0.25) is 0 Å². The molecule has 0 amide bonds. The van der Waals surface area contributed by atoms with Crippen LogP contribution in [0.2, 0.25) is 0 Å². The maximum Gasteiger partial charge on any atom is 0.150 e. The number of rotatable bonds is 6. The number of aliphatic hydroxyl groups is 1. The highest BCUT2D eigenvalue weighted by molar-refractivity contribution is 7.91. The van der Waals surface area contributed by atoms with Gasteiger partial charge in [0.05, 0.1) is 11.5 Å². The molecule has 0 bridgehead atoms. The van der Waals surface area contributed by atoms with E-state index in [9.17, 15) is 8.42 Å². The zero-order chi connectivity index (χ0) is 9.61. The fourth-order valence-electron chi connectivity index (χ4n) is 0.869. The second-order valence-corrected chi connectivity index (χ2v) is 5.26. The number of hydrogen-bond acceptors (Lipinski definition) is 4. The van der Waals surface area contributed by atoms with Gasteiger partial charge in [-0.25, -0.2) is 8.42 Å². The van der Waals surface area contributed by atoms with Crippen molar-refractivity contribution in [1.82, 2.24) is 0 Å². The molecule has 0 saturated carbocycles. The van der Waals surface area contributed by atoms with Gasteiger partial charge in [-0.1, -0.05) is 6.92 Å². The summed E-state index contributed by atoms with van der Waals surface area (Å²) in [6, 6.07) is 0. The summed E-state index contributed by atoms with van der Waals surface area (Å²) in [5, 5.41) is 8.43. The van der Waals surface area contributed by atoms with Crippen molar-refractivity contribution in [2.75, 3.05) is 24.7 Å². The smallest absolute Gasteiger partial charge is 0.150 e. The van der Waals surface area contributed by atoms with Gasteiger partial charge in [0.1, 0.15) is 0 Å². The Hall–Kier alpha value is -0.130. The minimum absolute atomic E-state index is 0.00805. The predicted molar refractivity (Wildman–Crippen MR) is 48.6 cm³/mol. The molecule has 0 heterocycles. The third kappa shape index (κ3) is 5.51. The van der Waals surface area contributed by atoms with Crippen LogP contribution in [0.25, 0.3) is 0 Å². The zero-order valence-corrected chi connectivity index (χ0v) is 8.18. The van der Waals surface area contributed by atoms with Crippen LogP contribution in [0.15, 0.2) is 0 Å². The van der Waals surface area contributed by atoms with Crippen molar-refractivity contribution >= 4 is 9.84 Å². The number of sulfone groups is 1. The van der Waals surface area contributed by atoms with Crippen LogP contribution in [0.3, 0.4) is 0 Å². The molecule has 0 aliphatic rings. The zero-order valence-electron chi connectivity index (χ0n) is 7.36. The monoisotopic (exact) mass is 195 g/mol. The molecular weight excluding hydrogens is 178 g/mol. The first-order valence-corrected chi connectivity index (χ1v) is 5.85. The molecule has 0 fully saturated rings. The fraction of sp³-hybridized carbons (Fsp3) is 1.00. The van der Waals surface area contributed by atoms with E-state index < -0.39 is 9.84 Å². The van der Waals surface area contributed by atoms with E-state index >= 15 is 0 Å². The van der Waals surface area contributed by atoms with Crippen LogP contribution in [0.5, 0.6) is 0 Å². The van der Waals surface area contributed by atoms with Crippen LogP contribution in [-0.2, 0) is 9.84 Å². The average Bonchev–Trinajstić information content (AvgIpc) is 2.00. The third-order valence-electron chi connectivity index (χ3n) is 1.55. The van der Waals surface area contributed by atoms with Gasteiger partial charge >= 0.3 is 0 Å². The van der Waals surface area contributed by atoms with Crippen molar-refractivity contribution in [3.63, 3.8) is 0 Å². The molecule has 0 aliphatic carbocycles. The van der Waals surface area contributed by atoms with Crippen molar-refractivity contribution in [3.8, 4) is 0 Å². The van der Waals surface area contributed by atoms with Gasteiger partial charge < -0.3 is 10.8 Å². The van der Waals surface area contributed by atoms with E-state index in [4.69, 9.17) is 10.8 Å². The SMILES string of the molecule is CC(CN)CS(=O)(=O)CCCO. The lowest BCUT2D eigenvalue weighted by atomic mass is 10.2. The highest BCUT2D eigenvalue weighted by Gasteiger charge is 2.13. The summed E-state index contributed by atoms with van der Waals surface area (Å²) in [7, 11) is -3.00. The molecular formula is C7H17NO3S. The summed E-state index contributed by atoms with van der Waals surface area (Å²) in [6.45, 7) is 2.12. The van der Waals surface area contributed by atoms with Crippen molar-refractivity contribution in [3.05, 3.63) is 0 Å². The van der Waals surface area contributed by atoms with Crippen molar-refractivity contribution in [1.29, 1.82) is 0 Å². The normalized spacial score (nSPS) is 14.6. The van der Waals surface area contributed by atoms with Gasteiger partial charge in [0.15, 0.2) is 9.84 Å². The molecule has 4 nitrogen and oxygen atoms in total. The molecule has 5 heteroatoms. The van der Waals surface area contributed by atoms with E-state index in [1.54, 1.807) is 6.92 Å². The molecule has 0 radical (unpaired) electrons. The molecule has 0 rings (SSSR count). The predicted octanol–water partition coefficient (Wildman–Crippen LogP) is -0.622. The maximum atomic E-state index is 11.2. The van der Waals surface area contributed by atoms with Crippen LogP contribution in [0.1, 0.15) is 13.3 Å². The van der Waals surface area contributed by atoms with Crippen LogP contribution in [-0.4, -0.2) is 38.2 Å². The summed E-state index contributed by atoms with van der Waals surface area (Å²) in [4.78, 5) is 0. The molecule has 0 aliphatic heterocycles. The molecule has 1 atom stereocenters. The van der Waals surface area contributed by atoms with Gasteiger partial charge in [-0.15, -0.1) is 0 Å². The second-order valence-electron chi connectivity index (χ2n) is 3.03. The quantitative estimate of drug-likeness (QED) is 0.592. The molecule has 0 spiro atoms. The van der Waals surface area contributed by atoms with E-state index in [0.29, 0.717) is 13.0 Å². The lowest BCUT2D eigenvalue weighted by Gasteiger charge is -2.08. The molecule has 1 unspecified atom stereocenters. The molecule has 0 aromatic rings. The Labute approximate surface area is 73.7 Å². The van der Waals surface area contributed by atoms with Gasteiger partial charge in [0.25, 0.3) is 0 Å². The summed E-state index contributed by atoms with van der Waals surface area (Å²) >= 11 is 0. The number of nitrogens with two attached hydrogens (primary N) is 1. The topological polar surface area (TPSA) is 80.4 Å². The van der Waals surface area contributed by atoms with Crippen LogP contribution in [0, 0.1) is 5.92 Å². The first-order chi connectivity index (χ1) is 5.52. The van der Waals surface area contributed by atoms with Crippen molar-refractivity contribution in [2.45, 2.75) is 13.3 Å². The lowest BCUT2D eigenvalue weighted by molar-refractivity contribution is 0.295. The van der Waals surface area contributed by atoms with Crippen LogP contribution >= 0.6 is 0 Å². The van der Waals surface area contributed by atoms with Crippen LogP contribution in [0.4, 0.5) is 0 Å². The first-order valence-electron chi connectivity index (χ1n) is 4.03. The van der Waals surface area contributed by atoms with Gasteiger partial charge in [-0.2, -0.15) is 0 Å². The Morgan fingerprint density at radius 2 is 2.08 bits per heavy atom. The van der Waals surface area contributed by atoms with E-state index in [1.807, 2.05) is 0 Å². The highest BCUT2D eigenvalue weighted by Crippen LogP contribution is 2.01. The summed E-state index contributed by atoms with van der Waals surface area (Å²) in [5.74, 6) is 0.200. The molecule has 12 heavy (non-hydrogen) atoms. The Bertz CT molecular complexity index is 201. The standard InChI is InChI=1S/C7H17NO3S/c1-7(5-8)6-12(10,11)4-2-3-9/h7,9H,2-6,8H2,1H3. The minimum atomic E-state index is -3.00. The molecule has 0 aromatic carbocycles. The van der Waals surface area contributed by atoms with E-state index in [1.165, 1.54) is 0 Å². The van der Waals surface area contributed by atoms with Gasteiger partial charge in [0, 0.05) is 6.61 Å². The van der Waals surface area contributed by atoms with Crippen LogP contribution < -0.4 is 5.73 Å². The van der Waals surface area contributed by atoms with E-state index in [0.717, 1.165) is 0 Å². The fourth-order valence-corrected chi connectivity index (χ4v) is 2.61. The lowest BCUT2D eigenvalue weighted by Crippen LogP contribution is -2.23. The van der Waals surface area contributed by atoms with Crippen molar-refractivity contribution in [2.24, 2.45) is 11.7 Å². The maximum absolute atomic E-state index is 11.2. The van der Waals surface area contributed by atoms with Gasteiger partial charge in [0.2, 0.25) is 0 Å². The number of hydrogen-bond donors (Lipinski definition) is 2. The Kier molecular flexibility index (Phi) is 5.44. The van der Waals surface area contributed by atoms with E-state index in [-0.39, 0.29) is 24.0 Å². The largest absolute Gasteiger partial charge is 0.396 e. The average molecular weight is 195 g/mol. The van der Waals surface area contributed by atoms with E-state index in [2.05, 4.69) is 0 Å². The Balaban J connectivity index is 3.88. The van der Waals surface area contributed by atoms with Crippen molar-refractivity contribution < 1.29 is 13.5 Å². The minimum Gasteiger partial charge on any atom is -0.396 e. The molecule has 0 aromatic heterocycles. The number of aliphatic hydroxyl groups excluding tert-OH is 1. The van der Waals surface area contributed by atoms with Gasteiger partial charge in [-0.05, 0) is 18.9 Å². The summed E-state index contributed by atoms with van der Waals surface area (Å²) < 4.78 is 22.4. The first kappa shape index (κ1) is 11.9. The highest BCUT2D eigenvalue weighted by atomic mass is 32.2. The molecule has 3 N–H and O–H groups in total. The third-order valence-corrected chi connectivity index (χ3v) is 3.54. The Morgan fingerprint density at radius 1 is 1.50 bits per heavy atom. The second kappa shape index (κ2) is 5.50. The summed E-state index contributed by atoms with van der Waals surface area (Å²) in [6.07, 6.45) is 0.319. The summed E-state index contributed by atoms with van der Waals surface area (Å²) in [5.41, 5.74) is 5.29. The molecule has 0 saturated heterocycles. The Morgan fingerprint density at radius 3 is 2.50 bits per heavy atom.